The molecule has 0 aliphatic carbocycles. The van der Waals surface area contributed by atoms with Gasteiger partial charge in [-0.1, -0.05) is 6.07 Å². The van der Waals surface area contributed by atoms with E-state index in [4.69, 9.17) is 10.5 Å². The van der Waals surface area contributed by atoms with Crippen LogP contribution in [0.25, 0.3) is 0 Å². The number of amides is 1. The van der Waals surface area contributed by atoms with Crippen molar-refractivity contribution < 1.29 is 18.3 Å². The fourth-order valence-electron chi connectivity index (χ4n) is 1.57. The summed E-state index contributed by atoms with van der Waals surface area (Å²) in [6.45, 7) is 0.576. The number of nitrogens with two attached hydrogens (primary N) is 1. The topological polar surface area (TPSA) is 64.3 Å². The third-order valence-corrected chi connectivity index (χ3v) is 2.41. The van der Waals surface area contributed by atoms with Gasteiger partial charge in [0.1, 0.15) is 17.2 Å². The van der Waals surface area contributed by atoms with Crippen molar-refractivity contribution >= 4 is 5.91 Å². The van der Waals surface area contributed by atoms with E-state index in [9.17, 15) is 13.6 Å². The van der Waals surface area contributed by atoms with Gasteiger partial charge in [0, 0.05) is 7.11 Å². The standard InChI is InChI=1S/C12H16F2N2O2/c1-18-7-8(5-6-15)16-12(17)11-9(13)3-2-4-10(11)14/h2-4,8H,5-7,15H2,1H3,(H,16,17). The van der Waals surface area contributed by atoms with Crippen molar-refractivity contribution in [1.82, 2.24) is 5.32 Å². The second-order valence-electron chi connectivity index (χ2n) is 3.80. The van der Waals surface area contributed by atoms with Crippen LogP contribution in [0.1, 0.15) is 16.8 Å². The van der Waals surface area contributed by atoms with Crippen molar-refractivity contribution in [2.45, 2.75) is 12.5 Å². The number of carbonyl (C=O) groups is 1. The molecule has 0 aromatic heterocycles. The molecule has 0 aliphatic heterocycles. The minimum Gasteiger partial charge on any atom is -0.383 e. The smallest absolute Gasteiger partial charge is 0.257 e. The second-order valence-corrected chi connectivity index (χ2v) is 3.80. The molecule has 3 N–H and O–H groups in total. The molecule has 0 heterocycles. The van der Waals surface area contributed by atoms with Crippen molar-refractivity contribution in [3.05, 3.63) is 35.4 Å². The van der Waals surface area contributed by atoms with Gasteiger partial charge in [-0.3, -0.25) is 4.79 Å². The van der Waals surface area contributed by atoms with Gasteiger partial charge < -0.3 is 15.8 Å². The van der Waals surface area contributed by atoms with Crippen molar-refractivity contribution in [3.63, 3.8) is 0 Å². The molecule has 1 aromatic carbocycles. The van der Waals surface area contributed by atoms with Gasteiger partial charge in [-0.25, -0.2) is 8.78 Å². The van der Waals surface area contributed by atoms with Gasteiger partial charge in [0.15, 0.2) is 0 Å². The van der Waals surface area contributed by atoms with Crippen LogP contribution in [0.2, 0.25) is 0 Å². The largest absolute Gasteiger partial charge is 0.383 e. The molecule has 4 nitrogen and oxygen atoms in total. The predicted octanol–water partition coefficient (Wildman–Crippen LogP) is 1.06. The summed E-state index contributed by atoms with van der Waals surface area (Å²) in [5.74, 6) is -2.59. The quantitative estimate of drug-likeness (QED) is 0.802. The van der Waals surface area contributed by atoms with Crippen molar-refractivity contribution in [2.24, 2.45) is 5.73 Å². The number of nitrogens with one attached hydrogen (secondary N) is 1. The summed E-state index contributed by atoms with van der Waals surface area (Å²) in [6.07, 6.45) is 0.468. The molecule has 1 atom stereocenters. The molecule has 0 radical (unpaired) electrons. The lowest BCUT2D eigenvalue weighted by molar-refractivity contribution is 0.0885. The van der Waals surface area contributed by atoms with Crippen molar-refractivity contribution in [1.29, 1.82) is 0 Å². The summed E-state index contributed by atoms with van der Waals surface area (Å²) >= 11 is 0. The zero-order valence-corrected chi connectivity index (χ0v) is 10.1. The molecule has 1 aromatic rings. The normalized spacial score (nSPS) is 12.2. The van der Waals surface area contributed by atoms with Gasteiger partial charge in [0.05, 0.1) is 12.6 Å². The van der Waals surface area contributed by atoms with Crippen LogP contribution in [0, 0.1) is 11.6 Å². The van der Waals surface area contributed by atoms with Crippen LogP contribution in [-0.2, 0) is 4.74 Å². The van der Waals surface area contributed by atoms with E-state index in [-0.39, 0.29) is 12.6 Å². The number of halogens is 2. The molecule has 6 heteroatoms. The molecule has 18 heavy (non-hydrogen) atoms. The van der Waals surface area contributed by atoms with Crippen LogP contribution < -0.4 is 11.1 Å². The van der Waals surface area contributed by atoms with Crippen LogP contribution in [0.15, 0.2) is 18.2 Å². The number of rotatable bonds is 6. The lowest BCUT2D eigenvalue weighted by Gasteiger charge is -2.17. The Balaban J connectivity index is 2.80. The predicted molar refractivity (Wildman–Crippen MR) is 63.2 cm³/mol. The average molecular weight is 258 g/mol. The molecular formula is C12H16F2N2O2. The van der Waals surface area contributed by atoms with Gasteiger partial charge >= 0.3 is 0 Å². The average Bonchev–Trinajstić information content (AvgIpc) is 2.29. The summed E-state index contributed by atoms with van der Waals surface area (Å²) in [5, 5.41) is 2.49. The molecule has 100 valence electrons. The number of ether oxygens (including phenoxy) is 1. The highest BCUT2D eigenvalue weighted by Gasteiger charge is 2.19. The molecule has 0 aliphatic rings. The van der Waals surface area contributed by atoms with E-state index in [0.29, 0.717) is 13.0 Å². The second kappa shape index (κ2) is 7.03. The number of carbonyl (C=O) groups excluding carboxylic acids is 1. The number of methoxy groups -OCH3 is 1. The lowest BCUT2D eigenvalue weighted by atomic mass is 10.1. The highest BCUT2D eigenvalue weighted by molar-refractivity contribution is 5.94. The van der Waals surface area contributed by atoms with Crippen LogP contribution in [-0.4, -0.2) is 32.2 Å². The maximum Gasteiger partial charge on any atom is 0.257 e. The van der Waals surface area contributed by atoms with Gasteiger partial charge in [-0.15, -0.1) is 0 Å². The number of hydrogen-bond acceptors (Lipinski definition) is 3. The maximum atomic E-state index is 13.4. The molecule has 1 rings (SSSR count). The number of hydrogen-bond donors (Lipinski definition) is 2. The van der Waals surface area contributed by atoms with Gasteiger partial charge in [0.2, 0.25) is 0 Å². The van der Waals surface area contributed by atoms with Crippen LogP contribution in [0.3, 0.4) is 0 Å². The zero-order chi connectivity index (χ0) is 13.5. The highest BCUT2D eigenvalue weighted by Crippen LogP contribution is 2.12. The van der Waals surface area contributed by atoms with Crippen molar-refractivity contribution in [2.75, 3.05) is 20.3 Å². The first-order valence-electron chi connectivity index (χ1n) is 5.54. The summed E-state index contributed by atoms with van der Waals surface area (Å²) in [6, 6.07) is 2.90. The maximum absolute atomic E-state index is 13.4. The zero-order valence-electron chi connectivity index (χ0n) is 10.1. The molecule has 1 unspecified atom stereocenters. The summed E-state index contributed by atoms with van der Waals surface area (Å²) in [7, 11) is 1.47. The fraction of sp³-hybridized carbons (Fsp3) is 0.417. The van der Waals surface area contributed by atoms with E-state index >= 15 is 0 Å². The first-order valence-corrected chi connectivity index (χ1v) is 5.54. The molecule has 1 amide bonds. The Morgan fingerprint density at radius 3 is 2.56 bits per heavy atom. The van der Waals surface area contributed by atoms with Gasteiger partial charge in [-0.2, -0.15) is 0 Å². The third-order valence-electron chi connectivity index (χ3n) is 2.41. The Hall–Kier alpha value is -1.53. The first-order chi connectivity index (χ1) is 8.60. The first kappa shape index (κ1) is 14.5. The van der Waals surface area contributed by atoms with Gasteiger partial charge in [0.25, 0.3) is 5.91 Å². The Labute approximate surface area is 104 Å². The molecular weight excluding hydrogens is 242 g/mol. The summed E-state index contributed by atoms with van der Waals surface area (Å²) < 4.78 is 31.6. The fourth-order valence-corrected chi connectivity index (χ4v) is 1.57. The van der Waals surface area contributed by atoms with E-state index in [1.165, 1.54) is 13.2 Å². The van der Waals surface area contributed by atoms with Crippen LogP contribution in [0.4, 0.5) is 8.78 Å². The number of benzene rings is 1. The molecule has 0 bridgehead atoms. The third kappa shape index (κ3) is 3.75. The SMILES string of the molecule is COCC(CCN)NC(=O)c1c(F)cccc1F. The Morgan fingerprint density at radius 1 is 1.44 bits per heavy atom. The van der Waals surface area contributed by atoms with Gasteiger partial charge in [-0.05, 0) is 25.1 Å². The van der Waals surface area contributed by atoms with E-state index in [0.717, 1.165) is 12.1 Å². The van der Waals surface area contributed by atoms with E-state index < -0.39 is 23.1 Å². The minimum atomic E-state index is -0.892. The summed E-state index contributed by atoms with van der Waals surface area (Å²) in [5.41, 5.74) is 4.79. The summed E-state index contributed by atoms with van der Waals surface area (Å²) in [4.78, 5) is 11.8. The molecule has 0 saturated heterocycles. The van der Waals surface area contributed by atoms with E-state index in [2.05, 4.69) is 5.32 Å². The van der Waals surface area contributed by atoms with Crippen LogP contribution in [0.5, 0.6) is 0 Å². The van der Waals surface area contributed by atoms with E-state index in [1.54, 1.807) is 0 Å². The highest BCUT2D eigenvalue weighted by atomic mass is 19.1. The van der Waals surface area contributed by atoms with Crippen molar-refractivity contribution in [3.8, 4) is 0 Å². The molecule has 0 saturated carbocycles. The lowest BCUT2D eigenvalue weighted by Crippen LogP contribution is -2.40. The van der Waals surface area contributed by atoms with E-state index in [1.807, 2.05) is 0 Å². The Kier molecular flexibility index (Phi) is 5.67. The minimum absolute atomic E-state index is 0.235. The molecule has 0 spiro atoms. The van der Waals surface area contributed by atoms with Crippen LogP contribution >= 0.6 is 0 Å². The Morgan fingerprint density at radius 2 is 2.06 bits per heavy atom. The Bertz CT molecular complexity index is 387. The molecule has 0 fully saturated rings. The monoisotopic (exact) mass is 258 g/mol.